The number of hydrogen-bond donors (Lipinski definition) is 1. The van der Waals surface area contributed by atoms with E-state index >= 15 is 0 Å². The van der Waals surface area contributed by atoms with E-state index in [1.54, 1.807) is 38.3 Å². The summed E-state index contributed by atoms with van der Waals surface area (Å²) in [6.45, 7) is 1.76. The molecule has 0 fully saturated rings. The highest BCUT2D eigenvalue weighted by Crippen LogP contribution is 2.20. The fraction of sp³-hybridized carbons (Fsp3) is 0.364. The molecule has 0 bridgehead atoms. The number of ether oxygens (including phenoxy) is 2. The second-order valence-corrected chi connectivity index (χ2v) is 3.03. The van der Waals surface area contributed by atoms with Crippen molar-refractivity contribution < 1.29 is 19.4 Å². The van der Waals surface area contributed by atoms with Crippen LogP contribution in [-0.2, 0) is 4.79 Å². The molecule has 82 valence electrons. The highest BCUT2D eigenvalue weighted by atomic mass is 16.5. The Labute approximate surface area is 88.4 Å². The zero-order valence-electron chi connectivity index (χ0n) is 8.77. The molecule has 0 spiro atoms. The van der Waals surface area contributed by atoms with Crippen LogP contribution < -0.4 is 9.47 Å². The lowest BCUT2D eigenvalue weighted by molar-refractivity contribution is -0.145. The first kappa shape index (κ1) is 11.4. The molecule has 0 unspecified atom stereocenters. The second-order valence-electron chi connectivity index (χ2n) is 3.03. The lowest BCUT2D eigenvalue weighted by Gasteiger charge is -2.13. The summed E-state index contributed by atoms with van der Waals surface area (Å²) in [5.74, 6) is 0.191. The first-order valence-electron chi connectivity index (χ1n) is 4.71. The molecule has 1 aromatic rings. The molecule has 15 heavy (non-hydrogen) atoms. The minimum absolute atomic E-state index is 0.423. The van der Waals surface area contributed by atoms with E-state index in [0.717, 1.165) is 0 Å². The number of carboxylic acid groups (broad SMARTS) is 1. The highest BCUT2D eigenvalue weighted by Gasteiger charge is 2.16. The Hall–Kier alpha value is -1.71. The van der Waals surface area contributed by atoms with Crippen molar-refractivity contribution in [2.45, 2.75) is 19.4 Å². The van der Waals surface area contributed by atoms with Gasteiger partial charge in [-0.3, -0.25) is 0 Å². The lowest BCUT2D eigenvalue weighted by Crippen LogP contribution is -2.25. The van der Waals surface area contributed by atoms with Crippen LogP contribution in [0.15, 0.2) is 24.3 Å². The summed E-state index contributed by atoms with van der Waals surface area (Å²) in [4.78, 5) is 10.7. The maximum absolute atomic E-state index is 10.7. The Kier molecular flexibility index (Phi) is 3.97. The molecular weight excluding hydrogens is 196 g/mol. The summed E-state index contributed by atoms with van der Waals surface area (Å²) in [6.07, 6.45) is -0.385. The summed E-state index contributed by atoms with van der Waals surface area (Å²) in [7, 11) is 1.55. The second kappa shape index (κ2) is 5.24. The van der Waals surface area contributed by atoms with Gasteiger partial charge in [0.15, 0.2) is 6.10 Å². The van der Waals surface area contributed by atoms with Gasteiger partial charge in [-0.25, -0.2) is 4.79 Å². The average Bonchev–Trinajstić information content (AvgIpc) is 2.25. The van der Waals surface area contributed by atoms with E-state index in [2.05, 4.69) is 0 Å². The van der Waals surface area contributed by atoms with Crippen molar-refractivity contribution in [1.29, 1.82) is 0 Å². The van der Waals surface area contributed by atoms with Gasteiger partial charge >= 0.3 is 5.97 Å². The maximum atomic E-state index is 10.7. The van der Waals surface area contributed by atoms with E-state index in [9.17, 15) is 4.79 Å². The van der Waals surface area contributed by atoms with E-state index in [1.165, 1.54) is 0 Å². The Morgan fingerprint density at radius 2 is 2.13 bits per heavy atom. The molecule has 1 N–H and O–H groups in total. The standard InChI is InChI=1S/C11H14O4/c1-3-10(11(12)13)15-9-6-4-5-8(7-9)14-2/h4-7,10H,3H2,1-2H3,(H,12,13)/t10-/m0/s1. The lowest BCUT2D eigenvalue weighted by atomic mass is 10.2. The van der Waals surface area contributed by atoms with Crippen LogP contribution in [0.4, 0.5) is 0 Å². The van der Waals surface area contributed by atoms with Gasteiger partial charge in [0.2, 0.25) is 0 Å². The largest absolute Gasteiger partial charge is 0.497 e. The molecule has 0 aliphatic carbocycles. The average molecular weight is 210 g/mol. The highest BCUT2D eigenvalue weighted by molar-refractivity contribution is 5.72. The van der Waals surface area contributed by atoms with Crippen molar-refractivity contribution >= 4 is 5.97 Å². The number of rotatable bonds is 5. The number of hydrogen-bond acceptors (Lipinski definition) is 3. The third kappa shape index (κ3) is 3.16. The van der Waals surface area contributed by atoms with E-state index < -0.39 is 12.1 Å². The van der Waals surface area contributed by atoms with Crippen LogP contribution in [0.5, 0.6) is 11.5 Å². The van der Waals surface area contributed by atoms with Crippen LogP contribution in [0, 0.1) is 0 Å². The molecule has 4 heteroatoms. The van der Waals surface area contributed by atoms with Crippen molar-refractivity contribution in [3.8, 4) is 11.5 Å². The number of carboxylic acids is 1. The van der Waals surface area contributed by atoms with Gasteiger partial charge in [-0.1, -0.05) is 13.0 Å². The van der Waals surface area contributed by atoms with Gasteiger partial charge in [0.1, 0.15) is 11.5 Å². The molecule has 0 aliphatic heterocycles. The molecule has 0 saturated carbocycles. The maximum Gasteiger partial charge on any atom is 0.344 e. The van der Waals surface area contributed by atoms with Gasteiger partial charge in [0, 0.05) is 6.07 Å². The number of aliphatic carboxylic acids is 1. The van der Waals surface area contributed by atoms with E-state index in [0.29, 0.717) is 17.9 Å². The molecule has 0 radical (unpaired) electrons. The van der Waals surface area contributed by atoms with Gasteiger partial charge in [-0.05, 0) is 18.6 Å². The van der Waals surface area contributed by atoms with Gasteiger partial charge in [-0.2, -0.15) is 0 Å². The number of methoxy groups -OCH3 is 1. The molecule has 0 amide bonds. The van der Waals surface area contributed by atoms with E-state index in [4.69, 9.17) is 14.6 Å². The van der Waals surface area contributed by atoms with Crippen LogP contribution in [0.25, 0.3) is 0 Å². The molecule has 0 aliphatic rings. The van der Waals surface area contributed by atoms with Gasteiger partial charge in [0.25, 0.3) is 0 Å². The fourth-order valence-corrected chi connectivity index (χ4v) is 1.15. The fourth-order valence-electron chi connectivity index (χ4n) is 1.15. The monoisotopic (exact) mass is 210 g/mol. The molecule has 0 saturated heterocycles. The summed E-state index contributed by atoms with van der Waals surface area (Å²) in [5, 5.41) is 8.80. The molecule has 1 atom stereocenters. The van der Waals surface area contributed by atoms with E-state index in [1.807, 2.05) is 0 Å². The first-order chi connectivity index (χ1) is 7.17. The first-order valence-corrected chi connectivity index (χ1v) is 4.71. The predicted octanol–water partition coefficient (Wildman–Crippen LogP) is 1.94. The zero-order valence-corrected chi connectivity index (χ0v) is 8.77. The molecule has 4 nitrogen and oxygen atoms in total. The van der Waals surface area contributed by atoms with Crippen molar-refractivity contribution in [2.24, 2.45) is 0 Å². The van der Waals surface area contributed by atoms with Crippen molar-refractivity contribution in [3.05, 3.63) is 24.3 Å². The quantitative estimate of drug-likeness (QED) is 0.806. The third-order valence-electron chi connectivity index (χ3n) is 1.97. The Balaban J connectivity index is 2.74. The van der Waals surface area contributed by atoms with Crippen molar-refractivity contribution in [3.63, 3.8) is 0 Å². The van der Waals surface area contributed by atoms with Crippen LogP contribution in [0.2, 0.25) is 0 Å². The van der Waals surface area contributed by atoms with Gasteiger partial charge in [-0.15, -0.1) is 0 Å². The third-order valence-corrected chi connectivity index (χ3v) is 1.97. The summed E-state index contributed by atoms with van der Waals surface area (Å²) < 4.78 is 10.3. The smallest absolute Gasteiger partial charge is 0.344 e. The van der Waals surface area contributed by atoms with Crippen molar-refractivity contribution in [1.82, 2.24) is 0 Å². The van der Waals surface area contributed by atoms with Crippen LogP contribution >= 0.6 is 0 Å². The molecule has 0 aromatic heterocycles. The van der Waals surface area contributed by atoms with E-state index in [-0.39, 0.29) is 0 Å². The van der Waals surface area contributed by atoms with Crippen LogP contribution in [-0.4, -0.2) is 24.3 Å². The van der Waals surface area contributed by atoms with Crippen molar-refractivity contribution in [2.75, 3.05) is 7.11 Å². The molecular formula is C11H14O4. The Morgan fingerprint density at radius 1 is 1.47 bits per heavy atom. The minimum Gasteiger partial charge on any atom is -0.497 e. The van der Waals surface area contributed by atoms with Crippen LogP contribution in [0.3, 0.4) is 0 Å². The summed E-state index contributed by atoms with van der Waals surface area (Å²) in [6, 6.07) is 6.89. The number of benzene rings is 1. The van der Waals surface area contributed by atoms with Gasteiger partial charge < -0.3 is 14.6 Å². The number of carbonyl (C=O) groups is 1. The topological polar surface area (TPSA) is 55.8 Å². The molecule has 1 rings (SSSR count). The normalized spacial score (nSPS) is 11.9. The zero-order chi connectivity index (χ0) is 11.3. The molecule has 1 aromatic carbocycles. The molecule has 0 heterocycles. The predicted molar refractivity (Wildman–Crippen MR) is 55.3 cm³/mol. The Morgan fingerprint density at radius 3 is 2.67 bits per heavy atom. The minimum atomic E-state index is -0.958. The summed E-state index contributed by atoms with van der Waals surface area (Å²) >= 11 is 0. The van der Waals surface area contributed by atoms with Crippen LogP contribution in [0.1, 0.15) is 13.3 Å². The SMILES string of the molecule is CC[C@H](Oc1cccc(OC)c1)C(=O)O. The summed E-state index contributed by atoms with van der Waals surface area (Å²) in [5.41, 5.74) is 0. The van der Waals surface area contributed by atoms with Gasteiger partial charge in [0.05, 0.1) is 7.11 Å². The Bertz CT molecular complexity index is 335.